The highest BCUT2D eigenvalue weighted by atomic mass is 31.1. The number of ether oxygens (including phenoxy) is 2. The fourth-order valence-corrected chi connectivity index (χ4v) is 7.58. The van der Waals surface area contributed by atoms with Crippen LogP contribution in [0.4, 0.5) is 0 Å². The highest BCUT2D eigenvalue weighted by Crippen LogP contribution is 2.71. The molecule has 0 spiro atoms. The van der Waals surface area contributed by atoms with Gasteiger partial charge in [-0.05, 0) is 23.8 Å². The van der Waals surface area contributed by atoms with E-state index in [0.29, 0.717) is 30.4 Å². The molecule has 2 nitrogen and oxygen atoms in total. The molecule has 1 aromatic carbocycles. The predicted molar refractivity (Wildman–Crippen MR) is 101 cm³/mol. The Kier molecular flexibility index (Phi) is 6.05. The summed E-state index contributed by atoms with van der Waals surface area (Å²) in [5.41, 5.74) is 5.92. The highest BCUT2D eigenvalue weighted by Gasteiger charge is 2.63. The summed E-state index contributed by atoms with van der Waals surface area (Å²) in [5, 5.41) is 0. The van der Waals surface area contributed by atoms with Crippen LogP contribution in [0.5, 0.6) is 0 Å². The summed E-state index contributed by atoms with van der Waals surface area (Å²) in [7, 11) is 1.55. The van der Waals surface area contributed by atoms with Crippen molar-refractivity contribution in [1.29, 1.82) is 0 Å². The normalized spacial score (nSPS) is 24.0. The lowest BCUT2D eigenvalue weighted by Crippen LogP contribution is -2.23. The van der Waals surface area contributed by atoms with E-state index in [4.69, 9.17) is 9.47 Å². The molecule has 23 heavy (non-hydrogen) atoms. The van der Waals surface area contributed by atoms with Crippen molar-refractivity contribution < 1.29 is 9.47 Å². The zero-order chi connectivity index (χ0) is 17.2. The molecule has 0 amide bonds. The summed E-state index contributed by atoms with van der Waals surface area (Å²) in [5.74, 6) is 0. The van der Waals surface area contributed by atoms with Crippen molar-refractivity contribution in [2.75, 3.05) is 20.5 Å². The molecule has 128 valence electrons. The third-order valence-electron chi connectivity index (χ3n) is 4.87. The number of hydrogen-bond acceptors (Lipinski definition) is 2. The van der Waals surface area contributed by atoms with Crippen molar-refractivity contribution in [2.45, 2.75) is 57.0 Å². The molecule has 0 N–H and O–H groups in total. The Morgan fingerprint density at radius 3 is 2.17 bits per heavy atom. The summed E-state index contributed by atoms with van der Waals surface area (Å²) in [6, 6.07) is 8.90. The van der Waals surface area contributed by atoms with Gasteiger partial charge in [-0.3, -0.25) is 0 Å². The minimum atomic E-state index is -0.126. The SMILES string of the molecule is C=C1[C@@H](P(C(C)C)C(C)C)[C@@]1(COCOC)c1ccc(C)cc1. The summed E-state index contributed by atoms with van der Waals surface area (Å²) in [4.78, 5) is 0. The molecular formula is C20H31O2P. The number of benzene rings is 1. The first kappa shape index (κ1) is 18.6. The number of methoxy groups -OCH3 is 1. The minimum absolute atomic E-state index is 0.0214. The van der Waals surface area contributed by atoms with Gasteiger partial charge in [-0.15, -0.1) is 0 Å². The van der Waals surface area contributed by atoms with Gasteiger partial charge in [0, 0.05) is 12.8 Å². The Morgan fingerprint density at radius 2 is 1.70 bits per heavy atom. The maximum absolute atomic E-state index is 5.83. The zero-order valence-corrected chi connectivity index (χ0v) is 16.3. The van der Waals surface area contributed by atoms with Crippen molar-refractivity contribution in [3.05, 3.63) is 47.5 Å². The van der Waals surface area contributed by atoms with Gasteiger partial charge in [0.15, 0.2) is 0 Å². The fraction of sp³-hybridized carbons (Fsp3) is 0.600. The van der Waals surface area contributed by atoms with E-state index in [0.717, 1.165) is 0 Å². The lowest BCUT2D eigenvalue weighted by Gasteiger charge is -2.29. The number of rotatable bonds is 8. The molecule has 0 radical (unpaired) electrons. The molecule has 1 aliphatic rings. The molecule has 0 heterocycles. The lowest BCUT2D eigenvalue weighted by molar-refractivity contribution is -0.0370. The first-order chi connectivity index (χ1) is 10.9. The maximum Gasteiger partial charge on any atom is 0.146 e. The van der Waals surface area contributed by atoms with Gasteiger partial charge in [-0.1, -0.05) is 77.6 Å². The van der Waals surface area contributed by atoms with Crippen molar-refractivity contribution in [3.63, 3.8) is 0 Å². The maximum atomic E-state index is 5.83. The van der Waals surface area contributed by atoms with Gasteiger partial charge in [0.2, 0.25) is 0 Å². The van der Waals surface area contributed by atoms with Crippen LogP contribution in [0, 0.1) is 6.92 Å². The Morgan fingerprint density at radius 1 is 1.13 bits per heavy atom. The Balaban J connectivity index is 2.35. The average Bonchev–Trinajstić information content (AvgIpc) is 3.05. The average molecular weight is 334 g/mol. The van der Waals surface area contributed by atoms with Gasteiger partial charge in [0.05, 0.1) is 12.0 Å². The third kappa shape index (κ3) is 3.55. The smallest absolute Gasteiger partial charge is 0.146 e. The van der Waals surface area contributed by atoms with Gasteiger partial charge < -0.3 is 9.47 Å². The zero-order valence-electron chi connectivity index (χ0n) is 15.4. The van der Waals surface area contributed by atoms with Crippen molar-refractivity contribution in [2.24, 2.45) is 0 Å². The van der Waals surface area contributed by atoms with Crippen LogP contribution < -0.4 is 0 Å². The number of aryl methyl sites for hydroxylation is 1. The lowest BCUT2D eigenvalue weighted by atomic mass is 9.95. The van der Waals surface area contributed by atoms with Crippen LogP contribution in [-0.2, 0) is 14.9 Å². The predicted octanol–water partition coefficient (Wildman–Crippen LogP) is 5.09. The molecule has 0 aromatic heterocycles. The van der Waals surface area contributed by atoms with Crippen molar-refractivity contribution in [1.82, 2.24) is 0 Å². The summed E-state index contributed by atoms with van der Waals surface area (Å²) < 4.78 is 10.9. The van der Waals surface area contributed by atoms with Crippen LogP contribution in [0.15, 0.2) is 36.4 Å². The summed E-state index contributed by atoms with van der Waals surface area (Å²) in [6.07, 6.45) is 0. The van der Waals surface area contributed by atoms with Crippen molar-refractivity contribution in [3.8, 4) is 0 Å². The van der Waals surface area contributed by atoms with Crippen LogP contribution in [0.3, 0.4) is 0 Å². The van der Waals surface area contributed by atoms with E-state index in [2.05, 4.69) is 65.5 Å². The molecule has 0 aliphatic heterocycles. The fourth-order valence-electron chi connectivity index (χ4n) is 3.78. The molecule has 2 atom stereocenters. The standard InChI is InChI=1S/C20H31O2P/c1-14(2)23(15(3)4)19-17(6)20(19,12-22-13-21-7)18-10-8-16(5)9-11-18/h8-11,14-15,19H,6,12-13H2,1-5,7H3/t19-,20-/m1/s1. The Labute approximate surface area is 143 Å². The van der Waals surface area contributed by atoms with Crippen molar-refractivity contribution >= 4 is 7.92 Å². The van der Waals surface area contributed by atoms with E-state index in [1.54, 1.807) is 7.11 Å². The van der Waals surface area contributed by atoms with Gasteiger partial charge in [-0.25, -0.2) is 0 Å². The molecule has 0 bridgehead atoms. The second-order valence-electron chi connectivity index (χ2n) is 7.15. The van der Waals surface area contributed by atoms with Gasteiger partial charge >= 0.3 is 0 Å². The van der Waals surface area contributed by atoms with E-state index >= 15 is 0 Å². The monoisotopic (exact) mass is 334 g/mol. The summed E-state index contributed by atoms with van der Waals surface area (Å²) in [6.45, 7) is 17.0. The first-order valence-electron chi connectivity index (χ1n) is 8.46. The van der Waals surface area contributed by atoms with E-state index < -0.39 is 0 Å². The van der Waals surface area contributed by atoms with Crippen LogP contribution >= 0.6 is 7.92 Å². The second kappa shape index (κ2) is 7.47. The number of hydrogen-bond donors (Lipinski definition) is 0. The van der Waals surface area contributed by atoms with E-state index in [9.17, 15) is 0 Å². The minimum Gasteiger partial charge on any atom is -0.359 e. The van der Waals surface area contributed by atoms with Crippen LogP contribution in [0.25, 0.3) is 0 Å². The third-order valence-corrected chi connectivity index (χ3v) is 8.61. The molecule has 1 aromatic rings. The van der Waals surface area contributed by atoms with Gasteiger partial charge in [0.1, 0.15) is 6.79 Å². The Hall–Kier alpha value is -0.690. The molecule has 1 saturated carbocycles. The second-order valence-corrected chi connectivity index (χ2v) is 10.6. The van der Waals surface area contributed by atoms with E-state index in [1.165, 1.54) is 16.7 Å². The molecule has 1 aliphatic carbocycles. The molecule has 0 saturated heterocycles. The van der Waals surface area contributed by atoms with Crippen LogP contribution in [0.1, 0.15) is 38.8 Å². The van der Waals surface area contributed by atoms with Crippen LogP contribution in [0.2, 0.25) is 0 Å². The summed E-state index contributed by atoms with van der Waals surface area (Å²) >= 11 is 0. The topological polar surface area (TPSA) is 18.5 Å². The highest BCUT2D eigenvalue weighted by molar-refractivity contribution is 7.60. The van der Waals surface area contributed by atoms with Gasteiger partial charge in [0.25, 0.3) is 0 Å². The molecular weight excluding hydrogens is 303 g/mol. The van der Waals surface area contributed by atoms with Crippen LogP contribution in [-0.4, -0.2) is 37.5 Å². The molecule has 1 fully saturated rings. The molecule has 2 rings (SSSR count). The van der Waals surface area contributed by atoms with E-state index in [-0.39, 0.29) is 13.3 Å². The Bertz CT molecular complexity index is 527. The van der Waals surface area contributed by atoms with E-state index in [1.807, 2.05) is 0 Å². The molecule has 3 heteroatoms. The first-order valence-corrected chi connectivity index (χ1v) is 10.0. The largest absolute Gasteiger partial charge is 0.359 e. The quantitative estimate of drug-likeness (QED) is 0.285. The van der Waals surface area contributed by atoms with Gasteiger partial charge in [-0.2, -0.15) is 0 Å². The molecule has 0 unspecified atom stereocenters.